The van der Waals surface area contributed by atoms with Gasteiger partial charge in [-0.1, -0.05) is 36.4 Å². The number of rotatable bonds is 8. The van der Waals surface area contributed by atoms with E-state index < -0.39 is 5.91 Å². The van der Waals surface area contributed by atoms with Gasteiger partial charge >= 0.3 is 0 Å². The predicted molar refractivity (Wildman–Crippen MR) is 95.7 cm³/mol. The lowest BCUT2D eigenvalue weighted by molar-refractivity contribution is -0.131. The maximum absolute atomic E-state index is 11.9. The van der Waals surface area contributed by atoms with Crippen molar-refractivity contribution < 1.29 is 24.3 Å². The monoisotopic (exact) mass is 356 g/mol. The van der Waals surface area contributed by atoms with Crippen LogP contribution in [-0.2, 0) is 16.1 Å². The smallest absolute Gasteiger partial charge is 0.281 e. The third kappa shape index (κ3) is 5.95. The van der Waals surface area contributed by atoms with Crippen molar-refractivity contribution in [2.75, 3.05) is 13.7 Å². The summed E-state index contributed by atoms with van der Waals surface area (Å²) in [7, 11) is 1.47. The van der Waals surface area contributed by atoms with E-state index in [9.17, 15) is 9.59 Å². The van der Waals surface area contributed by atoms with Gasteiger partial charge in [-0.05, 0) is 29.3 Å². The lowest BCUT2D eigenvalue weighted by atomic mass is 10.2. The SMILES string of the molecule is COc1cc(CNC(=O)/C=C/c2ccccc2)ccc1OCC(=O)NO. The molecule has 7 nitrogen and oxygen atoms in total. The Balaban J connectivity index is 1.91. The standard InChI is InChI=1S/C19H20N2O5/c1-25-17-11-15(7-9-16(17)26-13-19(23)21-24)12-20-18(22)10-8-14-5-3-2-4-6-14/h2-11,24H,12-13H2,1H3,(H,20,22)(H,21,23)/b10-8+. The van der Waals surface area contributed by atoms with Crippen molar-refractivity contribution in [3.05, 3.63) is 65.7 Å². The molecule has 0 fully saturated rings. The Hall–Kier alpha value is -3.32. The maximum Gasteiger partial charge on any atom is 0.281 e. The van der Waals surface area contributed by atoms with E-state index in [1.807, 2.05) is 30.3 Å². The summed E-state index contributed by atoms with van der Waals surface area (Å²) in [5.41, 5.74) is 3.23. The summed E-state index contributed by atoms with van der Waals surface area (Å²) in [6.07, 6.45) is 3.20. The highest BCUT2D eigenvalue weighted by molar-refractivity contribution is 5.91. The van der Waals surface area contributed by atoms with Crippen LogP contribution < -0.4 is 20.3 Å². The van der Waals surface area contributed by atoms with Gasteiger partial charge in [-0.2, -0.15) is 0 Å². The van der Waals surface area contributed by atoms with Gasteiger partial charge in [0.2, 0.25) is 5.91 Å². The first-order chi connectivity index (χ1) is 12.6. The Morgan fingerprint density at radius 2 is 1.88 bits per heavy atom. The highest BCUT2D eigenvalue weighted by Crippen LogP contribution is 2.28. The first-order valence-corrected chi connectivity index (χ1v) is 7.86. The topological polar surface area (TPSA) is 96.9 Å². The zero-order chi connectivity index (χ0) is 18.8. The Kier molecular flexibility index (Phi) is 7.20. The van der Waals surface area contributed by atoms with Crippen LogP contribution in [0.5, 0.6) is 11.5 Å². The van der Waals surface area contributed by atoms with Gasteiger partial charge in [0, 0.05) is 12.6 Å². The molecule has 0 radical (unpaired) electrons. The molecule has 0 atom stereocenters. The van der Waals surface area contributed by atoms with E-state index in [1.54, 1.807) is 24.3 Å². The number of benzene rings is 2. The maximum atomic E-state index is 11.9. The molecule has 26 heavy (non-hydrogen) atoms. The van der Waals surface area contributed by atoms with Gasteiger partial charge in [0.25, 0.3) is 5.91 Å². The van der Waals surface area contributed by atoms with Gasteiger partial charge in [0.05, 0.1) is 7.11 Å². The van der Waals surface area contributed by atoms with Gasteiger partial charge < -0.3 is 14.8 Å². The molecule has 136 valence electrons. The normalized spacial score (nSPS) is 10.4. The minimum absolute atomic E-state index is 0.215. The van der Waals surface area contributed by atoms with E-state index in [0.29, 0.717) is 18.0 Å². The summed E-state index contributed by atoms with van der Waals surface area (Å²) in [5, 5.41) is 11.2. The molecule has 2 rings (SSSR count). The third-order valence-corrected chi connectivity index (χ3v) is 3.40. The third-order valence-electron chi connectivity index (χ3n) is 3.40. The zero-order valence-corrected chi connectivity index (χ0v) is 14.3. The molecule has 2 aromatic carbocycles. The Bertz CT molecular complexity index is 775. The van der Waals surface area contributed by atoms with Crippen molar-refractivity contribution in [1.29, 1.82) is 0 Å². The van der Waals surface area contributed by atoms with Gasteiger partial charge in [-0.3, -0.25) is 14.8 Å². The number of carbonyl (C=O) groups excluding carboxylic acids is 2. The molecule has 0 aliphatic heterocycles. The molecule has 0 aromatic heterocycles. The van der Waals surface area contributed by atoms with Crippen LogP contribution in [-0.4, -0.2) is 30.7 Å². The average molecular weight is 356 g/mol. The van der Waals surface area contributed by atoms with Crippen LogP contribution in [0.25, 0.3) is 6.08 Å². The molecule has 0 saturated heterocycles. The second-order valence-corrected chi connectivity index (χ2v) is 5.27. The molecule has 0 saturated carbocycles. The largest absolute Gasteiger partial charge is 0.493 e. The van der Waals surface area contributed by atoms with Crippen molar-refractivity contribution in [3.8, 4) is 11.5 Å². The first kappa shape index (κ1) is 19.0. The molecular formula is C19H20N2O5. The van der Waals surface area contributed by atoms with Crippen LogP contribution in [0.3, 0.4) is 0 Å². The van der Waals surface area contributed by atoms with Crippen LogP contribution in [0, 0.1) is 0 Å². The fourth-order valence-corrected chi connectivity index (χ4v) is 2.10. The van der Waals surface area contributed by atoms with E-state index in [0.717, 1.165) is 11.1 Å². The van der Waals surface area contributed by atoms with E-state index in [-0.39, 0.29) is 12.5 Å². The molecule has 0 spiro atoms. The summed E-state index contributed by atoms with van der Waals surface area (Å²) in [6.45, 7) is -0.0288. The van der Waals surface area contributed by atoms with Crippen LogP contribution in [0.2, 0.25) is 0 Å². The van der Waals surface area contributed by atoms with Crippen LogP contribution >= 0.6 is 0 Å². The van der Waals surface area contributed by atoms with Crippen LogP contribution in [0.15, 0.2) is 54.6 Å². The number of ether oxygens (including phenoxy) is 2. The van der Waals surface area contributed by atoms with Gasteiger partial charge in [0.1, 0.15) is 0 Å². The summed E-state index contributed by atoms with van der Waals surface area (Å²) in [4.78, 5) is 22.9. The molecular weight excluding hydrogens is 336 g/mol. The molecule has 7 heteroatoms. The molecule has 0 unspecified atom stereocenters. The minimum Gasteiger partial charge on any atom is -0.493 e. The van der Waals surface area contributed by atoms with Crippen molar-refractivity contribution in [2.24, 2.45) is 0 Å². The summed E-state index contributed by atoms with van der Waals surface area (Å²) in [5.74, 6) is -0.112. The summed E-state index contributed by atoms with van der Waals surface area (Å²) in [6, 6.07) is 14.6. The van der Waals surface area contributed by atoms with Gasteiger partial charge in [-0.15, -0.1) is 0 Å². The van der Waals surface area contributed by atoms with E-state index in [1.165, 1.54) is 18.7 Å². The average Bonchev–Trinajstić information content (AvgIpc) is 2.69. The lowest BCUT2D eigenvalue weighted by Gasteiger charge is -2.11. The molecule has 0 heterocycles. The highest BCUT2D eigenvalue weighted by atomic mass is 16.5. The van der Waals surface area contributed by atoms with E-state index in [4.69, 9.17) is 14.7 Å². The summed E-state index contributed by atoms with van der Waals surface area (Å²) < 4.78 is 10.5. The number of hydrogen-bond donors (Lipinski definition) is 3. The number of nitrogens with one attached hydrogen (secondary N) is 2. The number of hydrogen-bond acceptors (Lipinski definition) is 5. The van der Waals surface area contributed by atoms with Crippen molar-refractivity contribution in [2.45, 2.75) is 6.54 Å². The lowest BCUT2D eigenvalue weighted by Crippen LogP contribution is -2.25. The van der Waals surface area contributed by atoms with Crippen LogP contribution in [0.4, 0.5) is 0 Å². The predicted octanol–water partition coefficient (Wildman–Crippen LogP) is 1.91. The fourth-order valence-electron chi connectivity index (χ4n) is 2.10. The van der Waals surface area contributed by atoms with E-state index >= 15 is 0 Å². The molecule has 2 aromatic rings. The Labute approximate surface area is 151 Å². The minimum atomic E-state index is -0.673. The Morgan fingerprint density at radius 3 is 2.58 bits per heavy atom. The summed E-state index contributed by atoms with van der Waals surface area (Å²) >= 11 is 0. The second kappa shape index (κ2) is 9.85. The fraction of sp³-hybridized carbons (Fsp3) is 0.158. The van der Waals surface area contributed by atoms with Crippen molar-refractivity contribution >= 4 is 17.9 Å². The molecule has 0 aliphatic rings. The highest BCUT2D eigenvalue weighted by Gasteiger charge is 2.08. The van der Waals surface area contributed by atoms with Crippen molar-refractivity contribution in [1.82, 2.24) is 10.8 Å². The molecule has 0 bridgehead atoms. The van der Waals surface area contributed by atoms with Gasteiger partial charge in [-0.25, -0.2) is 5.48 Å². The molecule has 3 N–H and O–H groups in total. The number of amides is 2. The molecule has 0 aliphatic carbocycles. The van der Waals surface area contributed by atoms with Crippen molar-refractivity contribution in [3.63, 3.8) is 0 Å². The number of methoxy groups -OCH3 is 1. The second-order valence-electron chi connectivity index (χ2n) is 5.27. The quantitative estimate of drug-likeness (QED) is 0.381. The number of carbonyl (C=O) groups is 2. The van der Waals surface area contributed by atoms with E-state index in [2.05, 4.69) is 5.32 Å². The Morgan fingerprint density at radius 1 is 1.12 bits per heavy atom. The first-order valence-electron chi connectivity index (χ1n) is 7.86. The number of hydroxylamine groups is 1. The van der Waals surface area contributed by atoms with Crippen LogP contribution in [0.1, 0.15) is 11.1 Å². The molecule has 2 amide bonds. The van der Waals surface area contributed by atoms with Gasteiger partial charge in [0.15, 0.2) is 18.1 Å². The zero-order valence-electron chi connectivity index (χ0n) is 14.3.